The van der Waals surface area contributed by atoms with E-state index < -0.39 is 21.6 Å². The van der Waals surface area contributed by atoms with Crippen LogP contribution in [0.2, 0.25) is 0 Å². The second-order valence-electron chi connectivity index (χ2n) is 7.64. The number of piperidine rings is 1. The maximum atomic E-state index is 12.8. The number of rotatable bonds is 6. The lowest BCUT2D eigenvalue weighted by Crippen LogP contribution is -2.50. The normalized spacial score (nSPS) is 22.9. The average Bonchev–Trinajstić information content (AvgIpc) is 3.12. The molecule has 2 saturated heterocycles. The van der Waals surface area contributed by atoms with E-state index in [-0.39, 0.29) is 43.3 Å². The van der Waals surface area contributed by atoms with E-state index in [1.54, 1.807) is 11.8 Å². The van der Waals surface area contributed by atoms with Crippen molar-refractivity contribution >= 4 is 27.8 Å². The number of carbonyl (C=O) groups excluding carboxylic acids is 3. The van der Waals surface area contributed by atoms with Crippen LogP contribution in [0.3, 0.4) is 0 Å². The first-order valence-corrected chi connectivity index (χ1v) is 11.4. The van der Waals surface area contributed by atoms with Crippen molar-refractivity contribution in [1.29, 1.82) is 0 Å². The van der Waals surface area contributed by atoms with E-state index in [1.165, 1.54) is 4.31 Å². The molecule has 3 heterocycles. The van der Waals surface area contributed by atoms with Crippen LogP contribution in [0, 0.1) is 0 Å². The zero-order chi connectivity index (χ0) is 20.5. The highest BCUT2D eigenvalue weighted by molar-refractivity contribution is 7.88. The van der Waals surface area contributed by atoms with Crippen molar-refractivity contribution in [2.24, 2.45) is 0 Å². The molecule has 10 heteroatoms. The zero-order valence-electron chi connectivity index (χ0n) is 16.3. The third-order valence-electron chi connectivity index (χ3n) is 5.71. The molecular weight excluding hydrogens is 386 g/mol. The average molecular weight is 413 g/mol. The molecule has 0 saturated carbocycles. The van der Waals surface area contributed by atoms with E-state index in [9.17, 15) is 22.8 Å². The largest absolute Gasteiger partial charge is 0.450 e. The smallest absolute Gasteiger partial charge is 0.335 e. The molecule has 1 N–H and O–H groups in total. The lowest BCUT2D eigenvalue weighted by Gasteiger charge is -2.38. The molecule has 1 spiro atoms. The Bertz CT molecular complexity index is 811. The second-order valence-corrected chi connectivity index (χ2v) is 9.62. The summed E-state index contributed by atoms with van der Waals surface area (Å²) in [6.45, 7) is 3.72. The predicted octanol–water partition coefficient (Wildman–Crippen LogP) is -0.217. The summed E-state index contributed by atoms with van der Waals surface area (Å²) >= 11 is 0. The van der Waals surface area contributed by atoms with E-state index in [0.717, 1.165) is 19.2 Å². The highest BCUT2D eigenvalue weighted by atomic mass is 32.2. The third kappa shape index (κ3) is 4.07. The maximum absolute atomic E-state index is 12.8. The first kappa shape index (κ1) is 20.8. The summed E-state index contributed by atoms with van der Waals surface area (Å²) in [6.07, 6.45) is 3.76. The number of likely N-dealkylation sites (tertiary alicyclic amines) is 1. The molecule has 9 nitrogen and oxygen atoms in total. The van der Waals surface area contributed by atoms with Crippen LogP contribution < -0.4 is 5.32 Å². The minimum atomic E-state index is -3.32. The first-order chi connectivity index (χ1) is 13.1. The van der Waals surface area contributed by atoms with Crippen molar-refractivity contribution in [1.82, 2.24) is 14.5 Å². The van der Waals surface area contributed by atoms with Crippen LogP contribution in [0.15, 0.2) is 11.1 Å². The molecule has 0 radical (unpaired) electrons. The summed E-state index contributed by atoms with van der Waals surface area (Å²) in [5.41, 5.74) is -0.472. The van der Waals surface area contributed by atoms with Gasteiger partial charge in [-0.25, -0.2) is 17.5 Å². The fourth-order valence-corrected chi connectivity index (χ4v) is 5.00. The lowest BCUT2D eigenvalue weighted by molar-refractivity contribution is -0.150. The monoisotopic (exact) mass is 413 g/mol. The molecule has 0 aromatic carbocycles. The number of hydrogen-bond acceptors (Lipinski definition) is 6. The van der Waals surface area contributed by atoms with Crippen LogP contribution in [-0.4, -0.2) is 80.0 Å². The van der Waals surface area contributed by atoms with Gasteiger partial charge in [-0.2, -0.15) is 0 Å². The summed E-state index contributed by atoms with van der Waals surface area (Å²) in [6, 6.07) is 0. The number of carbonyl (C=O) groups is 3. The molecule has 0 aromatic rings. The fourth-order valence-electron chi connectivity index (χ4n) is 4.16. The molecular formula is C18H27N3O6S. The molecule has 0 aromatic heterocycles. The van der Waals surface area contributed by atoms with Crippen molar-refractivity contribution in [3.8, 4) is 0 Å². The topological polar surface area (TPSA) is 113 Å². The molecule has 156 valence electrons. The highest BCUT2D eigenvalue weighted by Gasteiger charge is 2.51. The standard InChI is InChI=1S/C18H27N3O6S/c1-13-15(16(23)19-8-4-10-20-9-3-5-14(20)22)18(27-17(13)24)6-11-21(12-7-18)28(2,25)26/h3-12H2,1-2H3,(H,19,23). The van der Waals surface area contributed by atoms with Gasteiger partial charge in [0.2, 0.25) is 15.9 Å². The van der Waals surface area contributed by atoms with Gasteiger partial charge in [0.1, 0.15) is 5.60 Å². The number of amides is 2. The van der Waals surface area contributed by atoms with Gasteiger partial charge in [-0.1, -0.05) is 0 Å². The van der Waals surface area contributed by atoms with Crippen molar-refractivity contribution in [2.45, 2.75) is 44.6 Å². The molecule has 3 rings (SSSR count). The summed E-state index contributed by atoms with van der Waals surface area (Å²) in [5, 5.41) is 2.83. The van der Waals surface area contributed by atoms with E-state index in [4.69, 9.17) is 4.74 Å². The van der Waals surface area contributed by atoms with Gasteiger partial charge in [-0.3, -0.25) is 9.59 Å². The predicted molar refractivity (Wildman–Crippen MR) is 101 cm³/mol. The molecule has 0 bridgehead atoms. The molecule has 0 unspecified atom stereocenters. The summed E-state index contributed by atoms with van der Waals surface area (Å²) in [7, 11) is -3.32. The number of esters is 1. The van der Waals surface area contributed by atoms with Crippen LogP contribution in [-0.2, 0) is 29.1 Å². The molecule has 0 aliphatic carbocycles. The van der Waals surface area contributed by atoms with Gasteiger partial charge in [0.15, 0.2) is 0 Å². The minimum Gasteiger partial charge on any atom is -0.450 e. The summed E-state index contributed by atoms with van der Waals surface area (Å²) < 4.78 is 30.4. The minimum absolute atomic E-state index is 0.149. The van der Waals surface area contributed by atoms with Crippen molar-refractivity contribution < 1.29 is 27.5 Å². The van der Waals surface area contributed by atoms with Gasteiger partial charge in [0.25, 0.3) is 5.91 Å². The van der Waals surface area contributed by atoms with Crippen LogP contribution >= 0.6 is 0 Å². The Morgan fingerprint density at radius 2 is 1.89 bits per heavy atom. The molecule has 2 amide bonds. The summed E-state index contributed by atoms with van der Waals surface area (Å²) in [4.78, 5) is 38.4. The number of hydrogen-bond donors (Lipinski definition) is 1. The van der Waals surface area contributed by atoms with Crippen LogP contribution in [0.25, 0.3) is 0 Å². The Morgan fingerprint density at radius 3 is 2.46 bits per heavy atom. The van der Waals surface area contributed by atoms with Gasteiger partial charge in [0.05, 0.1) is 11.8 Å². The molecule has 2 fully saturated rings. The van der Waals surface area contributed by atoms with Gasteiger partial charge in [-0.05, 0) is 19.8 Å². The quantitative estimate of drug-likeness (QED) is 0.476. The van der Waals surface area contributed by atoms with Gasteiger partial charge >= 0.3 is 5.97 Å². The molecule has 3 aliphatic heterocycles. The van der Waals surface area contributed by atoms with Crippen molar-refractivity contribution in [3.05, 3.63) is 11.1 Å². The van der Waals surface area contributed by atoms with Gasteiger partial charge < -0.3 is 15.0 Å². The van der Waals surface area contributed by atoms with E-state index in [0.29, 0.717) is 31.5 Å². The first-order valence-electron chi connectivity index (χ1n) is 9.60. The molecule has 3 aliphatic rings. The van der Waals surface area contributed by atoms with E-state index >= 15 is 0 Å². The fraction of sp³-hybridized carbons (Fsp3) is 0.722. The number of ether oxygens (including phenoxy) is 1. The zero-order valence-corrected chi connectivity index (χ0v) is 17.1. The SMILES string of the molecule is CC1=C(C(=O)NCCCN2CCCC2=O)C2(CCN(S(C)(=O)=O)CC2)OC1=O. The Kier molecular flexibility index (Phi) is 5.81. The molecule has 0 atom stereocenters. The Hall–Kier alpha value is -1.94. The number of sulfonamides is 1. The Labute approximate surface area is 165 Å². The Morgan fingerprint density at radius 1 is 1.21 bits per heavy atom. The molecule has 28 heavy (non-hydrogen) atoms. The summed E-state index contributed by atoms with van der Waals surface area (Å²) in [5.74, 6) is -0.735. The van der Waals surface area contributed by atoms with E-state index in [1.807, 2.05) is 0 Å². The van der Waals surface area contributed by atoms with E-state index in [2.05, 4.69) is 5.32 Å². The third-order valence-corrected chi connectivity index (χ3v) is 7.02. The van der Waals surface area contributed by atoms with Gasteiger partial charge in [-0.15, -0.1) is 0 Å². The second kappa shape index (κ2) is 7.82. The number of nitrogens with one attached hydrogen (secondary N) is 1. The number of nitrogens with zero attached hydrogens (tertiary/aromatic N) is 2. The van der Waals surface area contributed by atoms with Crippen LogP contribution in [0.1, 0.15) is 39.0 Å². The lowest BCUT2D eigenvalue weighted by atomic mass is 9.83. The Balaban J connectivity index is 1.60. The van der Waals surface area contributed by atoms with Gasteiger partial charge in [0, 0.05) is 57.6 Å². The van der Waals surface area contributed by atoms with Crippen LogP contribution in [0.5, 0.6) is 0 Å². The highest BCUT2D eigenvalue weighted by Crippen LogP contribution is 2.41. The van der Waals surface area contributed by atoms with Crippen LogP contribution in [0.4, 0.5) is 0 Å². The van der Waals surface area contributed by atoms with Crippen molar-refractivity contribution in [3.63, 3.8) is 0 Å². The van der Waals surface area contributed by atoms with Crippen molar-refractivity contribution in [2.75, 3.05) is 39.0 Å². The maximum Gasteiger partial charge on any atom is 0.335 e.